The summed E-state index contributed by atoms with van der Waals surface area (Å²) in [5.74, 6) is 0.0223. The summed E-state index contributed by atoms with van der Waals surface area (Å²) in [6, 6.07) is 27.5. The second kappa shape index (κ2) is 9.58. The van der Waals surface area contributed by atoms with Gasteiger partial charge >= 0.3 is 6.18 Å². The van der Waals surface area contributed by atoms with Crippen LogP contribution in [0.2, 0.25) is 0 Å². The summed E-state index contributed by atoms with van der Waals surface area (Å²) in [7, 11) is 1.84. The predicted octanol–water partition coefficient (Wildman–Crippen LogP) is 7.73. The number of aromatic amines is 1. The first-order valence-corrected chi connectivity index (χ1v) is 15.0. The van der Waals surface area contributed by atoms with Gasteiger partial charge in [-0.15, -0.1) is 0 Å². The smallest absolute Gasteiger partial charge is 0.288 e. The number of rotatable bonds is 6. The number of hydrogen-bond donors (Lipinski definition) is 1. The molecule has 1 fully saturated rings. The van der Waals surface area contributed by atoms with E-state index in [0.717, 1.165) is 40.8 Å². The fourth-order valence-electron chi connectivity index (χ4n) is 8.69. The number of aromatic nitrogens is 4. The summed E-state index contributed by atoms with van der Waals surface area (Å²) in [5, 5.41) is 6.28. The Hall–Kier alpha value is -4.33. The summed E-state index contributed by atoms with van der Waals surface area (Å²) in [6.07, 6.45) is -1.64. The highest BCUT2D eigenvalue weighted by Gasteiger charge is 2.63. The number of nitrogens with one attached hydrogen (secondary N) is 1. The van der Waals surface area contributed by atoms with Crippen LogP contribution in [0.5, 0.6) is 0 Å². The molecule has 3 aromatic carbocycles. The maximum absolute atomic E-state index is 15.0. The van der Waals surface area contributed by atoms with Crippen LogP contribution in [-0.2, 0) is 24.1 Å². The number of halogens is 3. The first-order valence-electron chi connectivity index (χ1n) is 15.0. The molecule has 2 heterocycles. The van der Waals surface area contributed by atoms with E-state index in [1.54, 1.807) is 4.68 Å². The molecular weight excluding hydrogens is 561 g/mol. The Morgan fingerprint density at radius 1 is 0.864 bits per heavy atom. The van der Waals surface area contributed by atoms with E-state index in [4.69, 9.17) is 0 Å². The Kier molecular flexibility index (Phi) is 6.19. The average Bonchev–Trinajstić information content (AvgIpc) is 3.71. The Balaban J connectivity index is 1.68. The van der Waals surface area contributed by atoms with Gasteiger partial charge in [-0.25, -0.2) is 4.68 Å². The van der Waals surface area contributed by atoms with E-state index in [-0.39, 0.29) is 27.9 Å². The van der Waals surface area contributed by atoms with Crippen LogP contribution in [-0.4, -0.2) is 19.6 Å². The van der Waals surface area contributed by atoms with Crippen LogP contribution < -0.4 is 5.56 Å². The van der Waals surface area contributed by atoms with Crippen LogP contribution in [0, 0.1) is 5.41 Å². The molecule has 3 atom stereocenters. The van der Waals surface area contributed by atoms with Crippen LogP contribution >= 0.6 is 0 Å². The third-order valence-electron chi connectivity index (χ3n) is 11.0. The van der Waals surface area contributed by atoms with Crippen molar-refractivity contribution in [3.8, 4) is 0 Å². The maximum atomic E-state index is 15.0. The number of alkyl halides is 3. The molecule has 1 saturated carbocycles. The largest absolute Gasteiger partial charge is 0.435 e. The Morgan fingerprint density at radius 2 is 1.36 bits per heavy atom. The van der Waals surface area contributed by atoms with E-state index < -0.39 is 23.3 Å². The standard InChI is InChI=1S/C36H35F3N4O/c1-33(2)27-20-21-34(33,3)31-28(27)32(44)43(42(31)4)30(26-22-40-41-29(26)36(37,38)39)35(23-14-8-5-9-15-23,24-16-10-6-11-17-24)25-18-12-7-13-19-25/h5-19,22,27,30H,20-21H2,1-4H3,(H,40,41)/t27-,30?,34+/m1/s1. The lowest BCUT2D eigenvalue weighted by molar-refractivity contribution is -0.142. The van der Waals surface area contributed by atoms with Gasteiger partial charge in [0.15, 0.2) is 5.69 Å². The molecule has 0 radical (unpaired) electrons. The summed E-state index contributed by atoms with van der Waals surface area (Å²) < 4.78 is 48.0. The van der Waals surface area contributed by atoms with E-state index in [2.05, 4.69) is 31.0 Å². The number of fused-ring (bicyclic) bond motifs is 5. The van der Waals surface area contributed by atoms with Crippen molar-refractivity contribution in [3.63, 3.8) is 0 Å². The lowest BCUT2D eigenvalue weighted by atomic mass is 9.63. The minimum atomic E-state index is -4.76. The molecule has 1 unspecified atom stereocenters. The highest BCUT2D eigenvalue weighted by molar-refractivity contribution is 5.56. The molecule has 2 aliphatic carbocycles. The molecule has 5 nitrogen and oxygen atoms in total. The number of benzene rings is 3. The van der Waals surface area contributed by atoms with Crippen LogP contribution in [0.15, 0.2) is 102 Å². The third kappa shape index (κ3) is 3.60. The number of H-pyrrole nitrogens is 1. The molecule has 0 aliphatic heterocycles. The van der Waals surface area contributed by atoms with Crippen molar-refractivity contribution in [1.82, 2.24) is 19.6 Å². The lowest BCUT2D eigenvalue weighted by Crippen LogP contribution is -2.46. The van der Waals surface area contributed by atoms with Crippen molar-refractivity contribution in [2.45, 2.75) is 62.6 Å². The highest BCUT2D eigenvalue weighted by atomic mass is 19.4. The van der Waals surface area contributed by atoms with Gasteiger partial charge in [0.05, 0.1) is 11.1 Å². The molecule has 7 rings (SSSR count). The molecule has 226 valence electrons. The zero-order valence-electron chi connectivity index (χ0n) is 25.2. The zero-order valence-corrected chi connectivity index (χ0v) is 25.2. The van der Waals surface area contributed by atoms with Gasteiger partial charge in [0.2, 0.25) is 0 Å². The van der Waals surface area contributed by atoms with Gasteiger partial charge in [0.1, 0.15) is 6.04 Å². The Labute approximate surface area is 254 Å². The predicted molar refractivity (Wildman–Crippen MR) is 164 cm³/mol. The molecule has 1 N–H and O–H groups in total. The number of nitrogens with zero attached hydrogens (tertiary/aromatic N) is 3. The summed E-state index contributed by atoms with van der Waals surface area (Å²) >= 11 is 0. The topological polar surface area (TPSA) is 55.6 Å². The molecule has 2 bridgehead atoms. The molecule has 2 aliphatic rings. The van der Waals surface area contributed by atoms with E-state index in [9.17, 15) is 18.0 Å². The Bertz CT molecular complexity index is 1790. The van der Waals surface area contributed by atoms with Gasteiger partial charge < -0.3 is 0 Å². The third-order valence-corrected chi connectivity index (χ3v) is 11.0. The van der Waals surface area contributed by atoms with E-state index in [1.165, 1.54) is 6.20 Å². The van der Waals surface area contributed by atoms with Crippen molar-refractivity contribution in [3.05, 3.63) is 147 Å². The minimum absolute atomic E-state index is 0.0223. The molecule has 8 heteroatoms. The monoisotopic (exact) mass is 596 g/mol. The minimum Gasteiger partial charge on any atom is -0.288 e. The molecule has 44 heavy (non-hydrogen) atoms. The van der Waals surface area contributed by atoms with Gasteiger partial charge in [-0.05, 0) is 40.9 Å². The maximum Gasteiger partial charge on any atom is 0.435 e. The van der Waals surface area contributed by atoms with Gasteiger partial charge in [-0.2, -0.15) is 18.3 Å². The highest BCUT2D eigenvalue weighted by Crippen LogP contribution is 2.67. The number of hydrogen-bond acceptors (Lipinski definition) is 2. The molecule has 0 spiro atoms. The van der Waals surface area contributed by atoms with Crippen molar-refractivity contribution in [2.75, 3.05) is 0 Å². The van der Waals surface area contributed by atoms with Crippen molar-refractivity contribution < 1.29 is 13.2 Å². The normalized spacial score (nSPS) is 21.4. The van der Waals surface area contributed by atoms with Crippen LogP contribution in [0.3, 0.4) is 0 Å². The fourth-order valence-corrected chi connectivity index (χ4v) is 8.69. The molecule has 2 aromatic heterocycles. The van der Waals surface area contributed by atoms with Crippen molar-refractivity contribution >= 4 is 0 Å². The van der Waals surface area contributed by atoms with Crippen LogP contribution in [0.25, 0.3) is 0 Å². The van der Waals surface area contributed by atoms with E-state index in [0.29, 0.717) is 0 Å². The lowest BCUT2D eigenvalue weighted by Gasteiger charge is -2.44. The fraction of sp³-hybridized carbons (Fsp3) is 0.333. The van der Waals surface area contributed by atoms with Gasteiger partial charge in [0, 0.05) is 29.8 Å². The van der Waals surface area contributed by atoms with E-state index >= 15 is 0 Å². The van der Waals surface area contributed by atoms with Crippen molar-refractivity contribution in [1.29, 1.82) is 0 Å². The molecular formula is C36H35F3N4O. The SMILES string of the molecule is Cn1c2c(c(=O)n1C(c1c[nH]nc1C(F)(F)F)C(c1ccccc1)(c1ccccc1)c1ccccc1)[C@H]1CC[C@]2(C)C1(C)C. The van der Waals surface area contributed by atoms with Gasteiger partial charge in [-0.3, -0.25) is 14.6 Å². The molecule has 0 saturated heterocycles. The second-order valence-electron chi connectivity index (χ2n) is 13.1. The zero-order chi connectivity index (χ0) is 31.1. The van der Waals surface area contributed by atoms with Crippen LogP contribution in [0.1, 0.15) is 84.8 Å². The Morgan fingerprint density at radius 3 is 1.82 bits per heavy atom. The quantitative estimate of drug-likeness (QED) is 0.204. The second-order valence-corrected chi connectivity index (χ2v) is 13.1. The van der Waals surface area contributed by atoms with Crippen LogP contribution in [0.4, 0.5) is 13.2 Å². The van der Waals surface area contributed by atoms with Gasteiger partial charge in [-0.1, -0.05) is 112 Å². The van der Waals surface area contributed by atoms with Crippen molar-refractivity contribution in [2.24, 2.45) is 12.5 Å². The average molecular weight is 597 g/mol. The molecule has 0 amide bonds. The summed E-state index contributed by atoms with van der Waals surface area (Å²) in [6.45, 7) is 6.63. The summed E-state index contributed by atoms with van der Waals surface area (Å²) in [5.41, 5.74) is 0.886. The first kappa shape index (κ1) is 28.4. The molecule has 5 aromatic rings. The summed E-state index contributed by atoms with van der Waals surface area (Å²) in [4.78, 5) is 15.0. The van der Waals surface area contributed by atoms with Gasteiger partial charge in [0.25, 0.3) is 5.56 Å². The first-order chi connectivity index (χ1) is 21.0. The van der Waals surface area contributed by atoms with E-state index in [1.807, 2.05) is 103 Å².